The van der Waals surface area contributed by atoms with Crippen LogP contribution in [0.4, 0.5) is 5.69 Å². The van der Waals surface area contributed by atoms with Gasteiger partial charge in [-0.15, -0.1) is 0 Å². The van der Waals surface area contributed by atoms with E-state index in [1.807, 2.05) is 6.20 Å². The molecule has 3 atom stereocenters. The Kier molecular flexibility index (Phi) is 3.77. The van der Waals surface area contributed by atoms with E-state index < -0.39 is 0 Å². The molecule has 1 saturated carbocycles. The Balaban J connectivity index is 1.66. The van der Waals surface area contributed by atoms with Crippen LogP contribution < -0.4 is 5.32 Å². The first-order valence-electron chi connectivity index (χ1n) is 7.57. The molecule has 1 aliphatic rings. The molecule has 0 saturated heterocycles. The van der Waals surface area contributed by atoms with Crippen molar-refractivity contribution in [1.82, 2.24) is 9.97 Å². The monoisotopic (exact) mass is 269 g/mol. The summed E-state index contributed by atoms with van der Waals surface area (Å²) in [5, 5.41) is 3.70. The molecule has 106 valence electrons. The summed E-state index contributed by atoms with van der Waals surface area (Å²) < 4.78 is 0. The maximum absolute atomic E-state index is 4.06. The van der Waals surface area contributed by atoms with Crippen molar-refractivity contribution >= 4 is 5.69 Å². The minimum atomic E-state index is 0.615. The van der Waals surface area contributed by atoms with Gasteiger partial charge in [-0.05, 0) is 48.8 Å². The molecule has 0 spiro atoms. The van der Waals surface area contributed by atoms with E-state index >= 15 is 0 Å². The van der Waals surface area contributed by atoms with E-state index in [-0.39, 0.29) is 0 Å². The lowest BCUT2D eigenvalue weighted by Crippen LogP contribution is -2.32. The zero-order valence-electron chi connectivity index (χ0n) is 12.3. The van der Waals surface area contributed by atoms with Gasteiger partial charge in [-0.1, -0.05) is 26.0 Å². The molecule has 1 aromatic carbocycles. The van der Waals surface area contributed by atoms with Gasteiger partial charge in [0.25, 0.3) is 0 Å². The van der Waals surface area contributed by atoms with Crippen LogP contribution in [0.1, 0.15) is 33.1 Å². The summed E-state index contributed by atoms with van der Waals surface area (Å²) in [7, 11) is 0. The minimum Gasteiger partial charge on any atom is -0.382 e. The van der Waals surface area contributed by atoms with E-state index in [0.717, 1.165) is 17.5 Å². The standard InChI is InChI=1S/C17H23N3/c1-12-3-8-16(13(2)9-12)20-15-6-4-14(5-7-15)17-10-18-11-19-17/h4-7,10-13,16,20H,3,8-9H2,1-2H3,(H,18,19). The van der Waals surface area contributed by atoms with E-state index in [4.69, 9.17) is 0 Å². The van der Waals surface area contributed by atoms with Gasteiger partial charge in [0.05, 0.1) is 18.2 Å². The maximum Gasteiger partial charge on any atom is 0.0924 e. The van der Waals surface area contributed by atoms with Crippen molar-refractivity contribution in [2.24, 2.45) is 11.8 Å². The molecule has 3 unspecified atom stereocenters. The zero-order valence-corrected chi connectivity index (χ0v) is 12.3. The van der Waals surface area contributed by atoms with Crippen LogP contribution in [0.2, 0.25) is 0 Å². The minimum absolute atomic E-state index is 0.615. The van der Waals surface area contributed by atoms with Crippen LogP contribution >= 0.6 is 0 Å². The van der Waals surface area contributed by atoms with Gasteiger partial charge in [0.2, 0.25) is 0 Å². The topological polar surface area (TPSA) is 40.7 Å². The lowest BCUT2D eigenvalue weighted by atomic mass is 9.80. The Labute approximate surface area is 120 Å². The van der Waals surface area contributed by atoms with Gasteiger partial charge in [-0.25, -0.2) is 4.98 Å². The molecule has 2 aromatic rings. The van der Waals surface area contributed by atoms with Crippen LogP contribution in [0.15, 0.2) is 36.8 Å². The fourth-order valence-corrected chi connectivity index (χ4v) is 3.25. The van der Waals surface area contributed by atoms with Gasteiger partial charge in [-0.2, -0.15) is 0 Å². The molecule has 20 heavy (non-hydrogen) atoms. The number of benzene rings is 1. The fraction of sp³-hybridized carbons (Fsp3) is 0.471. The van der Waals surface area contributed by atoms with E-state index in [1.54, 1.807) is 6.33 Å². The number of nitrogens with one attached hydrogen (secondary N) is 2. The quantitative estimate of drug-likeness (QED) is 0.871. The van der Waals surface area contributed by atoms with Crippen LogP contribution in [-0.4, -0.2) is 16.0 Å². The van der Waals surface area contributed by atoms with E-state index in [2.05, 4.69) is 53.4 Å². The van der Waals surface area contributed by atoms with Crippen molar-refractivity contribution in [2.75, 3.05) is 5.32 Å². The Morgan fingerprint density at radius 2 is 1.95 bits per heavy atom. The number of aromatic nitrogens is 2. The summed E-state index contributed by atoms with van der Waals surface area (Å²) in [5.74, 6) is 1.64. The average molecular weight is 269 g/mol. The highest BCUT2D eigenvalue weighted by Gasteiger charge is 2.24. The Bertz CT molecular complexity index is 530. The lowest BCUT2D eigenvalue weighted by Gasteiger charge is -2.33. The molecular weight excluding hydrogens is 246 g/mol. The lowest BCUT2D eigenvalue weighted by molar-refractivity contribution is 0.276. The van der Waals surface area contributed by atoms with E-state index in [0.29, 0.717) is 6.04 Å². The molecule has 3 rings (SSSR count). The third kappa shape index (κ3) is 2.87. The summed E-state index contributed by atoms with van der Waals surface area (Å²) in [6.45, 7) is 4.73. The Morgan fingerprint density at radius 3 is 2.60 bits per heavy atom. The van der Waals surface area contributed by atoms with Crippen LogP contribution in [-0.2, 0) is 0 Å². The number of nitrogens with zero attached hydrogens (tertiary/aromatic N) is 1. The van der Waals surface area contributed by atoms with Gasteiger partial charge < -0.3 is 10.3 Å². The van der Waals surface area contributed by atoms with Crippen molar-refractivity contribution in [3.8, 4) is 11.3 Å². The molecule has 1 heterocycles. The smallest absolute Gasteiger partial charge is 0.0924 e. The van der Waals surface area contributed by atoms with Gasteiger partial charge >= 0.3 is 0 Å². The largest absolute Gasteiger partial charge is 0.382 e. The highest BCUT2D eigenvalue weighted by Crippen LogP contribution is 2.31. The molecular formula is C17H23N3. The summed E-state index contributed by atoms with van der Waals surface area (Å²) in [4.78, 5) is 7.20. The molecule has 0 radical (unpaired) electrons. The van der Waals surface area contributed by atoms with Crippen LogP contribution in [0.25, 0.3) is 11.3 Å². The van der Waals surface area contributed by atoms with Crippen LogP contribution in [0.3, 0.4) is 0 Å². The molecule has 0 aliphatic heterocycles. The first kappa shape index (κ1) is 13.2. The third-order valence-corrected chi connectivity index (χ3v) is 4.48. The van der Waals surface area contributed by atoms with Gasteiger partial charge in [-0.3, -0.25) is 0 Å². The van der Waals surface area contributed by atoms with Crippen molar-refractivity contribution in [2.45, 2.75) is 39.2 Å². The average Bonchev–Trinajstić information content (AvgIpc) is 2.97. The van der Waals surface area contributed by atoms with Crippen molar-refractivity contribution in [3.05, 3.63) is 36.8 Å². The predicted molar refractivity (Wildman–Crippen MR) is 83.6 cm³/mol. The number of anilines is 1. The maximum atomic E-state index is 4.06. The molecule has 0 amide bonds. The number of aromatic amines is 1. The molecule has 0 bridgehead atoms. The van der Waals surface area contributed by atoms with Gasteiger partial charge in [0.15, 0.2) is 0 Å². The fourth-order valence-electron chi connectivity index (χ4n) is 3.25. The number of H-pyrrole nitrogens is 1. The predicted octanol–water partition coefficient (Wildman–Crippen LogP) is 4.31. The van der Waals surface area contributed by atoms with Gasteiger partial charge in [0, 0.05) is 11.7 Å². The molecule has 1 aliphatic carbocycles. The number of imidazole rings is 1. The number of hydrogen-bond donors (Lipinski definition) is 2. The number of rotatable bonds is 3. The SMILES string of the molecule is CC1CCC(Nc2ccc(-c3cnc[nH]3)cc2)C(C)C1. The highest BCUT2D eigenvalue weighted by atomic mass is 14.9. The van der Waals surface area contributed by atoms with Crippen LogP contribution in [0, 0.1) is 11.8 Å². The van der Waals surface area contributed by atoms with Crippen LogP contribution in [0.5, 0.6) is 0 Å². The third-order valence-electron chi connectivity index (χ3n) is 4.48. The van der Waals surface area contributed by atoms with E-state index in [1.165, 1.54) is 30.5 Å². The Hall–Kier alpha value is -1.77. The summed E-state index contributed by atoms with van der Waals surface area (Å²) in [6.07, 6.45) is 7.53. The first-order chi connectivity index (χ1) is 9.72. The molecule has 2 N–H and O–H groups in total. The van der Waals surface area contributed by atoms with Crippen molar-refractivity contribution in [3.63, 3.8) is 0 Å². The first-order valence-corrected chi connectivity index (χ1v) is 7.57. The molecule has 1 aromatic heterocycles. The summed E-state index contributed by atoms with van der Waals surface area (Å²) in [6, 6.07) is 9.24. The summed E-state index contributed by atoms with van der Waals surface area (Å²) >= 11 is 0. The molecule has 3 heteroatoms. The second-order valence-electron chi connectivity index (χ2n) is 6.19. The summed E-state index contributed by atoms with van der Waals surface area (Å²) in [5.41, 5.74) is 3.47. The molecule has 1 fully saturated rings. The second kappa shape index (κ2) is 5.70. The zero-order chi connectivity index (χ0) is 13.9. The number of hydrogen-bond acceptors (Lipinski definition) is 2. The highest BCUT2D eigenvalue weighted by molar-refractivity contribution is 5.62. The Morgan fingerprint density at radius 1 is 1.15 bits per heavy atom. The van der Waals surface area contributed by atoms with Crippen molar-refractivity contribution < 1.29 is 0 Å². The van der Waals surface area contributed by atoms with Gasteiger partial charge in [0.1, 0.15) is 0 Å². The second-order valence-corrected chi connectivity index (χ2v) is 6.19. The normalized spacial score (nSPS) is 26.4. The molecule has 3 nitrogen and oxygen atoms in total. The van der Waals surface area contributed by atoms with Crippen molar-refractivity contribution in [1.29, 1.82) is 0 Å². The van der Waals surface area contributed by atoms with E-state index in [9.17, 15) is 0 Å².